The van der Waals surface area contributed by atoms with Crippen LogP contribution in [0.2, 0.25) is 0 Å². The van der Waals surface area contributed by atoms with Gasteiger partial charge < -0.3 is 23.7 Å². The molecule has 0 radical (unpaired) electrons. The van der Waals surface area contributed by atoms with E-state index in [1.54, 1.807) is 39.5 Å². The SMILES string of the molecule is C=C(C)C(=O)Oc1cc(-c2ccc(-c3ccc(-c4ccc(OC)c(OC)c4)cc3)cc2OC=C(C)C)ccc1OC. The van der Waals surface area contributed by atoms with Crippen LogP contribution in [0.25, 0.3) is 33.4 Å². The molecule has 0 aromatic heterocycles. The summed E-state index contributed by atoms with van der Waals surface area (Å²) in [7, 11) is 4.78. The average Bonchev–Trinajstić information content (AvgIpc) is 2.99. The van der Waals surface area contributed by atoms with Crippen LogP contribution in [0.3, 0.4) is 0 Å². The molecule has 0 bridgehead atoms. The fourth-order valence-corrected chi connectivity index (χ4v) is 4.20. The number of methoxy groups -OCH3 is 3. The van der Waals surface area contributed by atoms with Gasteiger partial charge in [-0.15, -0.1) is 0 Å². The van der Waals surface area contributed by atoms with E-state index in [0.717, 1.165) is 39.0 Å². The van der Waals surface area contributed by atoms with Crippen molar-refractivity contribution in [1.29, 1.82) is 0 Å². The molecule has 4 aromatic rings. The Balaban J connectivity index is 1.71. The van der Waals surface area contributed by atoms with Crippen molar-refractivity contribution in [3.05, 3.63) is 103 Å². The van der Waals surface area contributed by atoms with E-state index in [4.69, 9.17) is 23.7 Å². The van der Waals surface area contributed by atoms with E-state index in [9.17, 15) is 4.79 Å². The summed E-state index contributed by atoms with van der Waals surface area (Å²) in [4.78, 5) is 12.2. The Hall–Kier alpha value is -4.97. The molecule has 0 atom stereocenters. The lowest BCUT2D eigenvalue weighted by Gasteiger charge is -2.15. The molecule has 4 rings (SSSR count). The minimum Gasteiger partial charge on any atom is -0.493 e. The van der Waals surface area contributed by atoms with Gasteiger partial charge in [0.25, 0.3) is 0 Å². The highest BCUT2D eigenvalue weighted by molar-refractivity contribution is 5.89. The molecule has 210 valence electrons. The zero-order valence-corrected chi connectivity index (χ0v) is 24.2. The molecule has 0 aliphatic rings. The fourth-order valence-electron chi connectivity index (χ4n) is 4.20. The summed E-state index contributed by atoms with van der Waals surface area (Å²) in [5, 5.41) is 0. The topological polar surface area (TPSA) is 63.2 Å². The highest BCUT2D eigenvalue weighted by atomic mass is 16.6. The van der Waals surface area contributed by atoms with Crippen LogP contribution in [0.4, 0.5) is 0 Å². The Kier molecular flexibility index (Phi) is 9.15. The predicted molar refractivity (Wildman–Crippen MR) is 163 cm³/mol. The van der Waals surface area contributed by atoms with E-state index in [1.807, 2.05) is 56.3 Å². The smallest absolute Gasteiger partial charge is 0.338 e. The van der Waals surface area contributed by atoms with Crippen LogP contribution in [0.5, 0.6) is 28.7 Å². The van der Waals surface area contributed by atoms with Gasteiger partial charge >= 0.3 is 5.97 Å². The summed E-state index contributed by atoms with van der Waals surface area (Å²) in [6.45, 7) is 9.21. The molecule has 0 unspecified atom stereocenters. The third-order valence-electron chi connectivity index (χ3n) is 6.36. The number of carbonyl (C=O) groups excluding carboxylic acids is 1. The number of esters is 1. The molecule has 6 nitrogen and oxygen atoms in total. The molecule has 0 saturated heterocycles. The third kappa shape index (κ3) is 6.79. The molecule has 0 heterocycles. The summed E-state index contributed by atoms with van der Waals surface area (Å²) in [6, 6.07) is 25.7. The van der Waals surface area contributed by atoms with Gasteiger partial charge in [-0.2, -0.15) is 0 Å². The maximum atomic E-state index is 12.2. The van der Waals surface area contributed by atoms with Crippen molar-refractivity contribution in [3.63, 3.8) is 0 Å². The first-order valence-electron chi connectivity index (χ1n) is 13.1. The zero-order chi connectivity index (χ0) is 29.5. The number of allylic oxidation sites excluding steroid dienone is 1. The van der Waals surface area contributed by atoms with Crippen LogP contribution in [0.1, 0.15) is 20.8 Å². The van der Waals surface area contributed by atoms with Gasteiger partial charge in [0.05, 0.1) is 27.6 Å². The van der Waals surface area contributed by atoms with Crippen molar-refractivity contribution >= 4 is 5.97 Å². The minimum atomic E-state index is -0.520. The van der Waals surface area contributed by atoms with Crippen molar-refractivity contribution in [3.8, 4) is 62.1 Å². The van der Waals surface area contributed by atoms with Crippen LogP contribution >= 0.6 is 0 Å². The first kappa shape index (κ1) is 29.0. The van der Waals surface area contributed by atoms with Crippen LogP contribution in [-0.4, -0.2) is 27.3 Å². The van der Waals surface area contributed by atoms with Crippen molar-refractivity contribution in [2.24, 2.45) is 0 Å². The van der Waals surface area contributed by atoms with Crippen LogP contribution in [0, 0.1) is 0 Å². The summed E-state index contributed by atoms with van der Waals surface area (Å²) in [5.41, 5.74) is 7.08. The van der Waals surface area contributed by atoms with Crippen LogP contribution in [-0.2, 0) is 4.79 Å². The summed E-state index contributed by atoms with van der Waals surface area (Å²) < 4.78 is 27.9. The van der Waals surface area contributed by atoms with Gasteiger partial charge in [0.2, 0.25) is 0 Å². The van der Waals surface area contributed by atoms with E-state index >= 15 is 0 Å². The Morgan fingerprint density at radius 2 is 1.05 bits per heavy atom. The lowest BCUT2D eigenvalue weighted by Crippen LogP contribution is -2.09. The van der Waals surface area contributed by atoms with Gasteiger partial charge in [-0.05, 0) is 84.5 Å². The second kappa shape index (κ2) is 12.9. The predicted octanol–water partition coefficient (Wildman–Crippen LogP) is 8.50. The minimum absolute atomic E-state index is 0.298. The van der Waals surface area contributed by atoms with Gasteiger partial charge in [-0.3, -0.25) is 0 Å². The number of hydrogen-bond donors (Lipinski definition) is 0. The number of ether oxygens (including phenoxy) is 5. The standard InChI is InChI=1S/C35H34O6/c1-22(2)21-40-32-18-26(24-8-10-25(11-9-24)27-13-16-30(37-5)33(19-27)39-7)12-15-29(32)28-14-17-31(38-6)34(20-28)41-35(36)23(3)4/h8-21H,3H2,1-2,4-7H3. The Bertz CT molecular complexity index is 1590. The Morgan fingerprint density at radius 1 is 0.585 bits per heavy atom. The average molecular weight is 551 g/mol. The molecule has 0 aliphatic heterocycles. The Labute approximate surface area is 241 Å². The maximum Gasteiger partial charge on any atom is 0.338 e. The van der Waals surface area contributed by atoms with Crippen LogP contribution in [0.15, 0.2) is 103 Å². The lowest BCUT2D eigenvalue weighted by atomic mass is 9.97. The fraction of sp³-hybridized carbons (Fsp3) is 0.171. The van der Waals surface area contributed by atoms with Gasteiger partial charge in [-0.1, -0.05) is 55.1 Å². The molecule has 6 heteroatoms. The molecule has 41 heavy (non-hydrogen) atoms. The highest BCUT2D eigenvalue weighted by Crippen LogP contribution is 2.40. The second-order valence-corrected chi connectivity index (χ2v) is 9.71. The first-order valence-corrected chi connectivity index (χ1v) is 13.1. The van der Waals surface area contributed by atoms with E-state index in [-0.39, 0.29) is 0 Å². The van der Waals surface area contributed by atoms with E-state index in [0.29, 0.717) is 34.3 Å². The van der Waals surface area contributed by atoms with Crippen molar-refractivity contribution < 1.29 is 28.5 Å². The van der Waals surface area contributed by atoms with Gasteiger partial charge in [-0.25, -0.2) is 4.79 Å². The molecule has 4 aromatic carbocycles. The maximum absolute atomic E-state index is 12.2. The normalized spacial score (nSPS) is 10.4. The highest BCUT2D eigenvalue weighted by Gasteiger charge is 2.16. The second-order valence-electron chi connectivity index (χ2n) is 9.71. The number of rotatable bonds is 10. The Morgan fingerprint density at radius 3 is 1.59 bits per heavy atom. The van der Waals surface area contributed by atoms with Crippen molar-refractivity contribution in [2.75, 3.05) is 21.3 Å². The number of hydrogen-bond acceptors (Lipinski definition) is 6. The third-order valence-corrected chi connectivity index (χ3v) is 6.36. The molecule has 0 N–H and O–H groups in total. The monoisotopic (exact) mass is 550 g/mol. The van der Waals surface area contributed by atoms with Gasteiger partial charge in [0.1, 0.15) is 5.75 Å². The molecule has 0 saturated carbocycles. The molecule has 0 fully saturated rings. The van der Waals surface area contributed by atoms with Crippen molar-refractivity contribution in [2.45, 2.75) is 20.8 Å². The molecule has 0 spiro atoms. The molecular formula is C35H34O6. The molecule has 0 amide bonds. The largest absolute Gasteiger partial charge is 0.493 e. The van der Waals surface area contributed by atoms with E-state index in [1.165, 1.54) is 7.11 Å². The zero-order valence-electron chi connectivity index (χ0n) is 24.2. The number of benzene rings is 4. The van der Waals surface area contributed by atoms with Crippen molar-refractivity contribution in [1.82, 2.24) is 0 Å². The summed E-state index contributed by atoms with van der Waals surface area (Å²) in [5.74, 6) is 2.27. The summed E-state index contributed by atoms with van der Waals surface area (Å²) in [6.07, 6.45) is 1.72. The van der Waals surface area contributed by atoms with E-state index < -0.39 is 5.97 Å². The van der Waals surface area contributed by atoms with Gasteiger partial charge in [0.15, 0.2) is 23.0 Å². The van der Waals surface area contributed by atoms with Crippen LogP contribution < -0.4 is 23.7 Å². The van der Waals surface area contributed by atoms with E-state index in [2.05, 4.69) is 30.8 Å². The molecule has 0 aliphatic carbocycles. The quantitative estimate of drug-likeness (QED) is 0.0854. The number of carbonyl (C=O) groups is 1. The lowest BCUT2D eigenvalue weighted by molar-refractivity contribution is -0.130. The first-order chi connectivity index (χ1) is 19.7. The summed E-state index contributed by atoms with van der Waals surface area (Å²) >= 11 is 0. The molecular weight excluding hydrogens is 516 g/mol. The van der Waals surface area contributed by atoms with Gasteiger partial charge in [0, 0.05) is 11.1 Å².